The lowest BCUT2D eigenvalue weighted by Crippen LogP contribution is -2.25. The van der Waals surface area contributed by atoms with Crippen molar-refractivity contribution in [1.29, 1.82) is 0 Å². The summed E-state index contributed by atoms with van der Waals surface area (Å²) in [4.78, 5) is 39.3. The van der Waals surface area contributed by atoms with Gasteiger partial charge in [0.25, 0.3) is 5.24 Å². The van der Waals surface area contributed by atoms with Gasteiger partial charge in [0.2, 0.25) is 11.8 Å². The third-order valence-corrected chi connectivity index (χ3v) is 5.22. The number of rotatable bonds is 6. The second-order valence-corrected chi connectivity index (χ2v) is 7.57. The molecule has 1 aromatic heterocycles. The standard InChI is InChI=1S/C21H16N2O5S/c24-18(11-15-12-27-20(22-15)14-4-2-1-3-5-14)28-16-8-6-13(7-9-16)10-17-19(25)23-21(26)29-17/h1-9,12,17H,10-11H2,(H,23,25,26). The molecule has 2 heterocycles. The number of esters is 1. The lowest BCUT2D eigenvalue weighted by Gasteiger charge is -2.07. The predicted octanol–water partition coefficient (Wildman–Crippen LogP) is 3.38. The summed E-state index contributed by atoms with van der Waals surface area (Å²) in [7, 11) is 0. The Balaban J connectivity index is 1.32. The number of thioether (sulfide) groups is 1. The van der Waals surface area contributed by atoms with E-state index in [2.05, 4.69) is 10.3 Å². The van der Waals surface area contributed by atoms with Gasteiger partial charge in [0.05, 0.1) is 17.4 Å². The molecular formula is C21H16N2O5S. The minimum Gasteiger partial charge on any atom is -0.444 e. The fourth-order valence-corrected chi connectivity index (χ4v) is 3.71. The van der Waals surface area contributed by atoms with E-state index in [1.807, 2.05) is 30.3 Å². The molecule has 0 bridgehead atoms. The van der Waals surface area contributed by atoms with Gasteiger partial charge < -0.3 is 9.15 Å². The van der Waals surface area contributed by atoms with Crippen LogP contribution in [-0.2, 0) is 22.4 Å². The molecule has 4 rings (SSSR count). The van der Waals surface area contributed by atoms with Crippen molar-refractivity contribution in [3.63, 3.8) is 0 Å². The number of nitrogens with one attached hydrogen (secondary N) is 1. The lowest BCUT2D eigenvalue weighted by molar-refractivity contribution is -0.133. The summed E-state index contributed by atoms with van der Waals surface area (Å²) < 4.78 is 10.8. The highest BCUT2D eigenvalue weighted by Crippen LogP contribution is 2.24. The number of carbonyl (C=O) groups excluding carboxylic acids is 3. The Morgan fingerprint density at radius 1 is 1.10 bits per heavy atom. The zero-order valence-electron chi connectivity index (χ0n) is 15.2. The third kappa shape index (κ3) is 4.72. The van der Waals surface area contributed by atoms with Gasteiger partial charge in [-0.3, -0.25) is 19.7 Å². The Morgan fingerprint density at radius 2 is 1.86 bits per heavy atom. The number of carbonyl (C=O) groups is 3. The first-order chi connectivity index (χ1) is 14.1. The van der Waals surface area contributed by atoms with Gasteiger partial charge in [-0.15, -0.1) is 0 Å². The molecule has 1 aliphatic heterocycles. The maximum absolute atomic E-state index is 12.2. The molecule has 0 aliphatic carbocycles. The summed E-state index contributed by atoms with van der Waals surface area (Å²) in [5, 5.41) is 1.51. The van der Waals surface area contributed by atoms with Crippen LogP contribution in [0.4, 0.5) is 4.79 Å². The average Bonchev–Trinajstić information content (AvgIpc) is 3.30. The largest absolute Gasteiger partial charge is 0.444 e. The second-order valence-electron chi connectivity index (χ2n) is 6.39. The Bertz CT molecular complexity index is 1050. The van der Waals surface area contributed by atoms with Crippen LogP contribution in [0, 0.1) is 0 Å². The minimum absolute atomic E-state index is 0.0148. The van der Waals surface area contributed by atoms with Crippen molar-refractivity contribution in [3.8, 4) is 17.2 Å². The summed E-state index contributed by atoms with van der Waals surface area (Å²) in [6.45, 7) is 0. The molecule has 3 aromatic rings. The van der Waals surface area contributed by atoms with Crippen molar-refractivity contribution in [2.45, 2.75) is 18.1 Å². The molecule has 146 valence electrons. The minimum atomic E-state index is -0.456. The Labute approximate surface area is 170 Å². The highest BCUT2D eigenvalue weighted by molar-refractivity contribution is 8.15. The second kappa shape index (κ2) is 8.32. The summed E-state index contributed by atoms with van der Waals surface area (Å²) in [6.07, 6.45) is 1.86. The van der Waals surface area contributed by atoms with Crippen LogP contribution in [0.3, 0.4) is 0 Å². The van der Waals surface area contributed by atoms with Gasteiger partial charge in [0.1, 0.15) is 12.0 Å². The highest BCUT2D eigenvalue weighted by Gasteiger charge is 2.31. The van der Waals surface area contributed by atoms with Crippen LogP contribution in [0.15, 0.2) is 65.3 Å². The van der Waals surface area contributed by atoms with Crippen LogP contribution in [0.2, 0.25) is 0 Å². The monoisotopic (exact) mass is 408 g/mol. The molecule has 8 heteroatoms. The van der Waals surface area contributed by atoms with Crippen LogP contribution in [0.25, 0.3) is 11.5 Å². The normalized spacial score (nSPS) is 15.9. The third-order valence-electron chi connectivity index (χ3n) is 4.24. The summed E-state index contributed by atoms with van der Waals surface area (Å²) in [6, 6.07) is 16.3. The van der Waals surface area contributed by atoms with E-state index in [0.29, 0.717) is 23.8 Å². The number of imide groups is 1. The number of hydrogen-bond acceptors (Lipinski definition) is 7. The Morgan fingerprint density at radius 3 is 2.55 bits per heavy atom. The van der Waals surface area contributed by atoms with E-state index in [0.717, 1.165) is 22.9 Å². The molecule has 0 radical (unpaired) electrons. The fraction of sp³-hybridized carbons (Fsp3) is 0.143. The maximum Gasteiger partial charge on any atom is 0.317 e. The van der Waals surface area contributed by atoms with Gasteiger partial charge in [-0.25, -0.2) is 4.98 Å². The van der Waals surface area contributed by atoms with Crippen LogP contribution >= 0.6 is 11.8 Å². The van der Waals surface area contributed by atoms with E-state index in [4.69, 9.17) is 9.15 Å². The molecule has 1 atom stereocenters. The number of amides is 2. The van der Waals surface area contributed by atoms with Crippen molar-refractivity contribution in [2.24, 2.45) is 0 Å². The average molecular weight is 408 g/mol. The number of ether oxygens (including phenoxy) is 1. The Kier molecular flexibility index (Phi) is 5.44. The van der Waals surface area contributed by atoms with Crippen molar-refractivity contribution >= 4 is 28.9 Å². The molecule has 1 aliphatic rings. The van der Waals surface area contributed by atoms with Gasteiger partial charge in [-0.2, -0.15) is 0 Å². The number of nitrogens with zero attached hydrogens (tertiary/aromatic N) is 1. The smallest absolute Gasteiger partial charge is 0.317 e. The molecule has 0 saturated carbocycles. The number of benzene rings is 2. The SMILES string of the molecule is O=C(Cc1coc(-c2ccccc2)n1)Oc1ccc(CC2SC(=O)NC2=O)cc1. The zero-order chi connectivity index (χ0) is 20.2. The van der Waals surface area contributed by atoms with Crippen molar-refractivity contribution in [1.82, 2.24) is 10.3 Å². The summed E-state index contributed by atoms with van der Waals surface area (Å²) in [5.41, 5.74) is 2.19. The molecule has 0 spiro atoms. The lowest BCUT2D eigenvalue weighted by atomic mass is 10.1. The van der Waals surface area contributed by atoms with E-state index >= 15 is 0 Å². The maximum atomic E-state index is 12.2. The van der Waals surface area contributed by atoms with Gasteiger partial charge >= 0.3 is 5.97 Å². The fourth-order valence-electron chi connectivity index (χ4n) is 2.85. The highest BCUT2D eigenvalue weighted by atomic mass is 32.2. The van der Waals surface area contributed by atoms with E-state index in [1.54, 1.807) is 24.3 Å². The molecule has 7 nitrogen and oxygen atoms in total. The van der Waals surface area contributed by atoms with Crippen LogP contribution in [0.1, 0.15) is 11.3 Å². The first kappa shape index (κ1) is 18.9. The van der Waals surface area contributed by atoms with Crippen molar-refractivity contribution < 1.29 is 23.5 Å². The first-order valence-corrected chi connectivity index (χ1v) is 9.76. The molecule has 29 heavy (non-hydrogen) atoms. The first-order valence-electron chi connectivity index (χ1n) is 8.88. The molecule has 2 amide bonds. The molecule has 1 N–H and O–H groups in total. The van der Waals surface area contributed by atoms with E-state index < -0.39 is 11.2 Å². The van der Waals surface area contributed by atoms with Crippen LogP contribution in [-0.4, -0.2) is 27.3 Å². The van der Waals surface area contributed by atoms with Gasteiger partial charge in [0.15, 0.2) is 0 Å². The van der Waals surface area contributed by atoms with Crippen LogP contribution in [0.5, 0.6) is 5.75 Å². The van der Waals surface area contributed by atoms with Gasteiger partial charge in [-0.05, 0) is 36.2 Å². The summed E-state index contributed by atoms with van der Waals surface area (Å²) >= 11 is 0.984. The quantitative estimate of drug-likeness (QED) is 0.493. The van der Waals surface area contributed by atoms with E-state index in [9.17, 15) is 14.4 Å². The molecular weight excluding hydrogens is 392 g/mol. The van der Waals surface area contributed by atoms with E-state index in [-0.39, 0.29) is 17.6 Å². The topological polar surface area (TPSA) is 98.5 Å². The number of hydrogen-bond donors (Lipinski definition) is 1. The molecule has 1 saturated heterocycles. The molecule has 1 fully saturated rings. The molecule has 2 aromatic carbocycles. The Hall–Kier alpha value is -3.39. The van der Waals surface area contributed by atoms with Crippen LogP contribution < -0.4 is 10.1 Å². The zero-order valence-corrected chi connectivity index (χ0v) is 16.0. The van der Waals surface area contributed by atoms with Crippen molar-refractivity contribution in [3.05, 3.63) is 72.1 Å². The van der Waals surface area contributed by atoms with E-state index in [1.165, 1.54) is 6.26 Å². The summed E-state index contributed by atoms with van der Waals surface area (Å²) in [5.74, 6) is 0.107. The predicted molar refractivity (Wildman–Crippen MR) is 106 cm³/mol. The molecule has 1 unspecified atom stereocenters. The van der Waals surface area contributed by atoms with Gasteiger partial charge in [0, 0.05) is 5.56 Å². The number of oxazole rings is 1. The number of aromatic nitrogens is 1. The van der Waals surface area contributed by atoms with Gasteiger partial charge in [-0.1, -0.05) is 42.1 Å². The van der Waals surface area contributed by atoms with Crippen molar-refractivity contribution in [2.75, 3.05) is 0 Å².